The van der Waals surface area contributed by atoms with E-state index < -0.39 is 15.9 Å². The van der Waals surface area contributed by atoms with E-state index in [-0.39, 0.29) is 16.7 Å². The number of nitrogens with one attached hydrogen (secondary N) is 1. The molecule has 2 rings (SSSR count). The zero-order valence-electron chi connectivity index (χ0n) is 9.05. The van der Waals surface area contributed by atoms with Crippen LogP contribution in [0.5, 0.6) is 0 Å². The molecule has 1 heterocycles. The molecule has 2 atom stereocenters. The van der Waals surface area contributed by atoms with Gasteiger partial charge in [0, 0.05) is 22.8 Å². The van der Waals surface area contributed by atoms with Gasteiger partial charge in [0.25, 0.3) is 10.0 Å². The molecular formula is C10H11BrN2O3S. The van der Waals surface area contributed by atoms with E-state index in [9.17, 15) is 13.2 Å². The Balaban J connectivity index is 2.16. The summed E-state index contributed by atoms with van der Waals surface area (Å²) in [7, 11) is -3.80. The highest BCUT2D eigenvalue weighted by Gasteiger charge is 2.40. The van der Waals surface area contributed by atoms with Crippen LogP contribution in [0.3, 0.4) is 0 Å². The molecule has 0 aliphatic heterocycles. The maximum Gasteiger partial charge on any atom is 0.265 e. The topological polar surface area (TPSA) is 76.1 Å². The highest BCUT2D eigenvalue weighted by atomic mass is 79.9. The molecule has 1 aromatic rings. The molecule has 1 aliphatic carbocycles. The van der Waals surface area contributed by atoms with Crippen LogP contribution < -0.4 is 4.72 Å². The first-order valence-electron chi connectivity index (χ1n) is 5.07. The van der Waals surface area contributed by atoms with Crippen LogP contribution in [0, 0.1) is 11.8 Å². The summed E-state index contributed by atoms with van der Waals surface area (Å²) >= 11 is 3.13. The zero-order chi connectivity index (χ0) is 12.6. The standard InChI is InChI=1S/C10H11BrN2O3S/c1-6-2-9(6)10(14)13-17(15,16)8-3-7(11)4-12-5-8/h3-6,9H,2H2,1H3,(H,13,14)/t6-,9+/m0/s1. The zero-order valence-corrected chi connectivity index (χ0v) is 11.5. The number of carbonyl (C=O) groups excluding carboxylic acids is 1. The van der Waals surface area contributed by atoms with E-state index in [0.29, 0.717) is 4.47 Å². The Morgan fingerprint density at radius 1 is 1.53 bits per heavy atom. The summed E-state index contributed by atoms with van der Waals surface area (Å²) in [6.07, 6.45) is 3.43. The molecule has 1 aromatic heterocycles. The fourth-order valence-corrected chi connectivity index (χ4v) is 3.03. The number of carbonyl (C=O) groups is 1. The number of nitrogens with zero attached hydrogens (tertiary/aromatic N) is 1. The molecule has 0 bridgehead atoms. The summed E-state index contributed by atoms with van der Waals surface area (Å²) in [5.74, 6) is -0.340. The minimum Gasteiger partial charge on any atom is -0.274 e. The molecule has 17 heavy (non-hydrogen) atoms. The van der Waals surface area contributed by atoms with Crippen LogP contribution in [-0.2, 0) is 14.8 Å². The number of rotatable bonds is 3. The van der Waals surface area contributed by atoms with Gasteiger partial charge in [-0.2, -0.15) is 0 Å². The van der Waals surface area contributed by atoms with Gasteiger partial charge in [-0.25, -0.2) is 13.1 Å². The third kappa shape index (κ3) is 2.84. The summed E-state index contributed by atoms with van der Waals surface area (Å²) in [5.41, 5.74) is 0. The van der Waals surface area contributed by atoms with Crippen molar-refractivity contribution in [2.45, 2.75) is 18.2 Å². The van der Waals surface area contributed by atoms with Crippen molar-refractivity contribution in [1.82, 2.24) is 9.71 Å². The first-order chi connectivity index (χ1) is 7.90. The Morgan fingerprint density at radius 2 is 2.18 bits per heavy atom. The van der Waals surface area contributed by atoms with Gasteiger partial charge in [-0.3, -0.25) is 9.78 Å². The maximum atomic E-state index is 11.8. The number of aromatic nitrogens is 1. The second kappa shape index (κ2) is 4.38. The van der Waals surface area contributed by atoms with E-state index in [0.717, 1.165) is 6.42 Å². The predicted octanol–water partition coefficient (Wildman–Crippen LogP) is 1.30. The van der Waals surface area contributed by atoms with Crippen molar-refractivity contribution < 1.29 is 13.2 Å². The Labute approximate surface area is 108 Å². The average Bonchev–Trinajstić information content (AvgIpc) is 2.95. The fourth-order valence-electron chi connectivity index (χ4n) is 1.49. The van der Waals surface area contributed by atoms with Crippen molar-refractivity contribution in [3.8, 4) is 0 Å². The normalized spacial score (nSPS) is 23.2. The van der Waals surface area contributed by atoms with Gasteiger partial charge >= 0.3 is 0 Å². The lowest BCUT2D eigenvalue weighted by Crippen LogP contribution is -2.32. The van der Waals surface area contributed by atoms with Crippen molar-refractivity contribution in [3.05, 3.63) is 22.9 Å². The first-order valence-corrected chi connectivity index (χ1v) is 7.35. The fraction of sp³-hybridized carbons (Fsp3) is 0.400. The molecule has 7 heteroatoms. The van der Waals surface area contributed by atoms with E-state index in [1.165, 1.54) is 18.5 Å². The summed E-state index contributed by atoms with van der Waals surface area (Å²) in [5, 5.41) is 0. The smallest absolute Gasteiger partial charge is 0.265 e. The molecule has 0 saturated heterocycles. The summed E-state index contributed by atoms with van der Waals surface area (Å²) in [4.78, 5) is 15.3. The molecule has 1 saturated carbocycles. The minimum atomic E-state index is -3.80. The third-order valence-corrected chi connectivity index (χ3v) is 4.42. The number of halogens is 1. The van der Waals surface area contributed by atoms with Crippen LogP contribution in [0.4, 0.5) is 0 Å². The van der Waals surface area contributed by atoms with Crippen molar-refractivity contribution in [2.75, 3.05) is 0 Å². The molecule has 1 aliphatic rings. The molecule has 1 N–H and O–H groups in total. The van der Waals surface area contributed by atoms with Crippen molar-refractivity contribution in [3.63, 3.8) is 0 Å². The van der Waals surface area contributed by atoms with Crippen LogP contribution in [0.15, 0.2) is 27.8 Å². The van der Waals surface area contributed by atoms with E-state index in [2.05, 4.69) is 25.6 Å². The van der Waals surface area contributed by atoms with Gasteiger partial charge in [-0.15, -0.1) is 0 Å². The van der Waals surface area contributed by atoms with Crippen LogP contribution in [0.1, 0.15) is 13.3 Å². The lowest BCUT2D eigenvalue weighted by atomic mass is 10.3. The van der Waals surface area contributed by atoms with Crippen molar-refractivity contribution in [1.29, 1.82) is 0 Å². The van der Waals surface area contributed by atoms with Crippen LogP contribution in [-0.4, -0.2) is 19.3 Å². The van der Waals surface area contributed by atoms with Crippen LogP contribution in [0.2, 0.25) is 0 Å². The molecule has 1 fully saturated rings. The van der Waals surface area contributed by atoms with E-state index in [1.54, 1.807) is 0 Å². The number of sulfonamides is 1. The van der Waals surface area contributed by atoms with E-state index >= 15 is 0 Å². The van der Waals surface area contributed by atoms with Crippen LogP contribution in [0.25, 0.3) is 0 Å². The number of hydrogen-bond acceptors (Lipinski definition) is 4. The lowest BCUT2D eigenvalue weighted by Gasteiger charge is -2.06. The first kappa shape index (κ1) is 12.5. The van der Waals surface area contributed by atoms with Gasteiger partial charge in [-0.1, -0.05) is 6.92 Å². The Morgan fingerprint density at radius 3 is 2.71 bits per heavy atom. The van der Waals surface area contributed by atoms with Gasteiger partial charge < -0.3 is 0 Å². The summed E-state index contributed by atoms with van der Waals surface area (Å²) in [6.45, 7) is 1.91. The number of amides is 1. The van der Waals surface area contributed by atoms with Gasteiger partial charge in [0.15, 0.2) is 0 Å². The molecule has 0 unspecified atom stereocenters. The lowest BCUT2D eigenvalue weighted by molar-refractivity contribution is -0.120. The quantitative estimate of drug-likeness (QED) is 0.911. The SMILES string of the molecule is C[C@H]1C[C@H]1C(=O)NS(=O)(=O)c1cncc(Br)c1. The van der Waals surface area contributed by atoms with E-state index in [1.807, 2.05) is 6.92 Å². The average molecular weight is 319 g/mol. The molecule has 5 nitrogen and oxygen atoms in total. The van der Waals surface area contributed by atoms with E-state index in [4.69, 9.17) is 0 Å². The van der Waals surface area contributed by atoms with Gasteiger partial charge in [0.1, 0.15) is 4.90 Å². The Hall–Kier alpha value is -0.950. The number of pyridine rings is 1. The minimum absolute atomic E-state index is 0.0199. The Kier molecular flexibility index (Phi) is 3.22. The predicted molar refractivity (Wildman–Crippen MR) is 64.5 cm³/mol. The molecular weight excluding hydrogens is 308 g/mol. The van der Waals surface area contributed by atoms with Gasteiger partial charge in [-0.05, 0) is 34.3 Å². The van der Waals surface area contributed by atoms with Gasteiger partial charge in [0.05, 0.1) is 0 Å². The summed E-state index contributed by atoms with van der Waals surface area (Å²) in [6, 6.07) is 1.40. The maximum absolute atomic E-state index is 11.8. The third-order valence-electron chi connectivity index (χ3n) is 2.67. The van der Waals surface area contributed by atoms with Crippen molar-refractivity contribution >= 4 is 31.9 Å². The number of hydrogen-bond donors (Lipinski definition) is 1. The molecule has 92 valence electrons. The molecule has 0 radical (unpaired) electrons. The summed E-state index contributed by atoms with van der Waals surface area (Å²) < 4.78 is 26.3. The second-order valence-corrected chi connectivity index (χ2v) is 6.73. The molecule has 1 amide bonds. The Bertz CT molecular complexity index is 558. The monoisotopic (exact) mass is 318 g/mol. The largest absolute Gasteiger partial charge is 0.274 e. The molecule has 0 aromatic carbocycles. The van der Waals surface area contributed by atoms with Crippen LogP contribution >= 0.6 is 15.9 Å². The molecule has 0 spiro atoms. The van der Waals surface area contributed by atoms with Crippen molar-refractivity contribution in [2.24, 2.45) is 11.8 Å². The highest BCUT2D eigenvalue weighted by molar-refractivity contribution is 9.10. The second-order valence-electron chi connectivity index (χ2n) is 4.13. The highest BCUT2D eigenvalue weighted by Crippen LogP contribution is 2.37. The van der Waals surface area contributed by atoms with Gasteiger partial charge in [0.2, 0.25) is 5.91 Å².